The van der Waals surface area contributed by atoms with Gasteiger partial charge in [-0.15, -0.1) is 0 Å². The Hall–Kier alpha value is -3.81. The van der Waals surface area contributed by atoms with Crippen molar-refractivity contribution in [3.8, 4) is 5.75 Å². The third-order valence-electron chi connectivity index (χ3n) is 5.38. The predicted molar refractivity (Wildman–Crippen MR) is 120 cm³/mol. The van der Waals surface area contributed by atoms with Crippen molar-refractivity contribution < 1.29 is 19.1 Å². The second-order valence-electron chi connectivity index (χ2n) is 7.54. The quantitative estimate of drug-likeness (QED) is 0.558. The molecule has 0 radical (unpaired) electrons. The molecule has 8 heteroatoms. The lowest BCUT2D eigenvalue weighted by Crippen LogP contribution is -2.50. The van der Waals surface area contributed by atoms with E-state index in [0.717, 1.165) is 6.42 Å². The van der Waals surface area contributed by atoms with Crippen LogP contribution in [0.25, 0.3) is 0 Å². The number of nitrogens with zero attached hydrogens (tertiary/aromatic N) is 3. The van der Waals surface area contributed by atoms with Crippen LogP contribution in [-0.4, -0.2) is 67.5 Å². The summed E-state index contributed by atoms with van der Waals surface area (Å²) in [6, 6.07) is 17.2. The summed E-state index contributed by atoms with van der Waals surface area (Å²) in [5.41, 5.74) is 2.13. The Morgan fingerprint density at radius 1 is 1.12 bits per heavy atom. The molecule has 4 rings (SSSR count). The molecule has 1 saturated heterocycles. The molecule has 2 amide bonds. The lowest BCUT2D eigenvalue weighted by molar-refractivity contribution is -0.130. The first kappa shape index (κ1) is 21.4. The molecule has 0 atom stereocenters. The molecule has 2 aromatic carbocycles. The van der Waals surface area contributed by atoms with Gasteiger partial charge in [-0.2, -0.15) is 0 Å². The summed E-state index contributed by atoms with van der Waals surface area (Å²) < 4.78 is 10.5. The van der Waals surface area contributed by atoms with E-state index in [9.17, 15) is 9.59 Å². The number of methoxy groups -OCH3 is 1. The molecule has 1 fully saturated rings. The van der Waals surface area contributed by atoms with Crippen molar-refractivity contribution in [2.45, 2.75) is 6.42 Å². The first-order valence-electron chi connectivity index (χ1n) is 10.6. The maximum Gasteiger partial charge on any atom is 0.365 e. The number of carbonyl (C=O) groups is 2. The van der Waals surface area contributed by atoms with Crippen LogP contribution in [0.3, 0.4) is 0 Å². The summed E-state index contributed by atoms with van der Waals surface area (Å²) in [6.07, 6.45) is 2.51. The van der Waals surface area contributed by atoms with Gasteiger partial charge in [0.25, 0.3) is 0 Å². The number of cyclic esters (lactones) is 1. The number of ether oxygens (including phenoxy) is 2. The number of hydrogen-bond donors (Lipinski definition) is 1. The second-order valence-corrected chi connectivity index (χ2v) is 7.54. The molecule has 2 heterocycles. The van der Waals surface area contributed by atoms with E-state index < -0.39 is 5.97 Å². The zero-order chi connectivity index (χ0) is 22.3. The highest BCUT2D eigenvalue weighted by atomic mass is 16.6. The van der Waals surface area contributed by atoms with Crippen molar-refractivity contribution in [1.29, 1.82) is 0 Å². The standard InChI is InChI=1S/C24H26N4O4/c1-31-20-9-5-8-19(16-20)22-26-21(23(29)32-22)17-27-12-14-28(15-13-27)24(30)25-11-10-18-6-3-2-4-7-18/h2-9,16-17H,10-15H2,1H3,(H,25,30). The average Bonchev–Trinajstić information content (AvgIpc) is 3.20. The van der Waals surface area contributed by atoms with Gasteiger partial charge in [-0.3, -0.25) is 0 Å². The number of nitrogens with one attached hydrogen (secondary N) is 1. The van der Waals surface area contributed by atoms with Crippen molar-refractivity contribution in [2.24, 2.45) is 4.99 Å². The van der Waals surface area contributed by atoms with Crippen LogP contribution in [0.1, 0.15) is 11.1 Å². The molecule has 2 aliphatic heterocycles. The van der Waals surface area contributed by atoms with Crippen LogP contribution in [0.15, 0.2) is 71.5 Å². The Morgan fingerprint density at radius 2 is 1.91 bits per heavy atom. The van der Waals surface area contributed by atoms with Crippen LogP contribution in [-0.2, 0) is 16.0 Å². The smallest absolute Gasteiger partial charge is 0.365 e. The van der Waals surface area contributed by atoms with E-state index >= 15 is 0 Å². The number of urea groups is 1. The Morgan fingerprint density at radius 3 is 2.66 bits per heavy atom. The summed E-state index contributed by atoms with van der Waals surface area (Å²) in [7, 11) is 1.58. The molecular weight excluding hydrogens is 408 g/mol. The van der Waals surface area contributed by atoms with Crippen LogP contribution >= 0.6 is 0 Å². The molecule has 0 spiro atoms. The number of benzene rings is 2. The molecule has 0 aromatic heterocycles. The Bertz CT molecular complexity index is 1030. The topological polar surface area (TPSA) is 83.5 Å². The third-order valence-corrected chi connectivity index (χ3v) is 5.38. The first-order valence-corrected chi connectivity index (χ1v) is 10.6. The molecule has 32 heavy (non-hydrogen) atoms. The second kappa shape index (κ2) is 10.00. The predicted octanol–water partition coefficient (Wildman–Crippen LogP) is 2.41. The molecule has 166 valence electrons. The van der Waals surface area contributed by atoms with Gasteiger partial charge in [0.2, 0.25) is 5.90 Å². The minimum atomic E-state index is -0.482. The number of amides is 2. The fourth-order valence-electron chi connectivity index (χ4n) is 3.58. The highest BCUT2D eigenvalue weighted by Gasteiger charge is 2.26. The van der Waals surface area contributed by atoms with Gasteiger partial charge in [0, 0.05) is 44.5 Å². The Labute approximate surface area is 187 Å². The summed E-state index contributed by atoms with van der Waals surface area (Å²) in [4.78, 5) is 32.8. The van der Waals surface area contributed by atoms with Crippen LogP contribution in [0.2, 0.25) is 0 Å². The lowest BCUT2D eigenvalue weighted by Gasteiger charge is -2.34. The minimum Gasteiger partial charge on any atom is -0.497 e. The van der Waals surface area contributed by atoms with Gasteiger partial charge in [0.1, 0.15) is 5.75 Å². The number of carbonyl (C=O) groups excluding carboxylic acids is 2. The zero-order valence-electron chi connectivity index (χ0n) is 18.0. The summed E-state index contributed by atoms with van der Waals surface area (Å²) in [5, 5.41) is 2.98. The van der Waals surface area contributed by atoms with E-state index in [1.807, 2.05) is 41.3 Å². The highest BCUT2D eigenvalue weighted by Crippen LogP contribution is 2.20. The summed E-state index contributed by atoms with van der Waals surface area (Å²) in [6.45, 7) is 2.98. The molecule has 2 aromatic rings. The Kier molecular flexibility index (Phi) is 6.69. The van der Waals surface area contributed by atoms with E-state index in [1.165, 1.54) is 5.56 Å². The molecular formula is C24H26N4O4. The van der Waals surface area contributed by atoms with E-state index in [-0.39, 0.29) is 17.6 Å². The normalized spacial score (nSPS) is 17.2. The van der Waals surface area contributed by atoms with Gasteiger partial charge in [-0.1, -0.05) is 36.4 Å². The third kappa shape index (κ3) is 5.26. The number of aliphatic imine (C=N–C) groups is 1. The van der Waals surface area contributed by atoms with Gasteiger partial charge in [0.05, 0.1) is 7.11 Å². The maximum atomic E-state index is 12.4. The van der Waals surface area contributed by atoms with Crippen molar-refractivity contribution in [3.63, 3.8) is 0 Å². The number of esters is 1. The Balaban J connectivity index is 1.28. The molecule has 0 saturated carbocycles. The van der Waals surface area contributed by atoms with Crippen LogP contribution in [0.5, 0.6) is 5.75 Å². The van der Waals surface area contributed by atoms with Gasteiger partial charge < -0.3 is 24.6 Å². The van der Waals surface area contributed by atoms with E-state index in [2.05, 4.69) is 22.4 Å². The van der Waals surface area contributed by atoms with Crippen LogP contribution in [0, 0.1) is 0 Å². The maximum absolute atomic E-state index is 12.4. The summed E-state index contributed by atoms with van der Waals surface area (Å²) in [5.74, 6) is 0.442. The molecule has 1 N–H and O–H groups in total. The van der Waals surface area contributed by atoms with Crippen molar-refractivity contribution in [2.75, 3.05) is 39.8 Å². The highest BCUT2D eigenvalue weighted by molar-refractivity contribution is 6.11. The summed E-state index contributed by atoms with van der Waals surface area (Å²) >= 11 is 0. The number of piperazine rings is 1. The van der Waals surface area contributed by atoms with Crippen molar-refractivity contribution in [1.82, 2.24) is 15.1 Å². The SMILES string of the molecule is COc1cccc(C2=NC(=CN3CCN(C(=O)NCCc4ccccc4)CC3)C(=O)O2)c1. The average molecular weight is 434 g/mol. The first-order chi connectivity index (χ1) is 15.6. The lowest BCUT2D eigenvalue weighted by atomic mass is 10.1. The fraction of sp³-hybridized carbons (Fsp3) is 0.292. The zero-order valence-corrected chi connectivity index (χ0v) is 18.0. The van der Waals surface area contributed by atoms with Crippen LogP contribution < -0.4 is 10.1 Å². The van der Waals surface area contributed by atoms with Crippen LogP contribution in [0.4, 0.5) is 4.79 Å². The van der Waals surface area contributed by atoms with Gasteiger partial charge >= 0.3 is 12.0 Å². The number of rotatable bonds is 6. The molecule has 8 nitrogen and oxygen atoms in total. The molecule has 0 aliphatic carbocycles. The van der Waals surface area contributed by atoms with Gasteiger partial charge in [-0.25, -0.2) is 14.6 Å². The fourth-order valence-corrected chi connectivity index (χ4v) is 3.58. The van der Waals surface area contributed by atoms with Crippen molar-refractivity contribution >= 4 is 17.9 Å². The van der Waals surface area contributed by atoms with E-state index in [4.69, 9.17) is 9.47 Å². The monoisotopic (exact) mass is 434 g/mol. The minimum absolute atomic E-state index is 0.0631. The van der Waals surface area contributed by atoms with Gasteiger partial charge in [0.15, 0.2) is 5.70 Å². The van der Waals surface area contributed by atoms with Gasteiger partial charge in [-0.05, 0) is 30.2 Å². The molecule has 0 unspecified atom stereocenters. The molecule has 2 aliphatic rings. The molecule has 0 bridgehead atoms. The largest absolute Gasteiger partial charge is 0.497 e. The van der Waals surface area contributed by atoms with E-state index in [0.29, 0.717) is 44.0 Å². The number of hydrogen-bond acceptors (Lipinski definition) is 6. The van der Waals surface area contributed by atoms with Crippen molar-refractivity contribution in [3.05, 3.63) is 77.6 Å². The van der Waals surface area contributed by atoms with E-state index in [1.54, 1.807) is 24.3 Å².